The summed E-state index contributed by atoms with van der Waals surface area (Å²) < 4.78 is 0. The van der Waals surface area contributed by atoms with Crippen molar-refractivity contribution in [1.82, 2.24) is 5.32 Å². The van der Waals surface area contributed by atoms with E-state index in [4.69, 9.17) is 0 Å². The van der Waals surface area contributed by atoms with Gasteiger partial charge in [-0.25, -0.2) is 0 Å². The Morgan fingerprint density at radius 3 is 2.60 bits per heavy atom. The first kappa shape index (κ1) is 13.7. The van der Waals surface area contributed by atoms with Crippen LogP contribution in [-0.4, -0.2) is 24.7 Å². The van der Waals surface area contributed by atoms with Gasteiger partial charge in [0.25, 0.3) is 0 Å². The zero-order valence-corrected chi connectivity index (χ0v) is 12.6. The molecule has 0 spiro atoms. The maximum Gasteiger partial charge on any atom is 0.122 e. The molecule has 1 aromatic carbocycles. The molecular weight excluding hydrogens is 248 g/mol. The second kappa shape index (κ2) is 5.65. The minimum atomic E-state index is 0.201. The van der Waals surface area contributed by atoms with Gasteiger partial charge in [0, 0.05) is 36.4 Å². The van der Waals surface area contributed by atoms with Crippen LogP contribution in [0, 0.1) is 11.8 Å². The molecule has 1 aliphatic heterocycles. The van der Waals surface area contributed by atoms with Gasteiger partial charge in [-0.15, -0.1) is 0 Å². The molecule has 3 unspecified atom stereocenters. The molecule has 2 N–H and O–H groups in total. The number of aromatic hydroxyl groups is 1. The van der Waals surface area contributed by atoms with Crippen LogP contribution in [0.5, 0.6) is 5.75 Å². The van der Waals surface area contributed by atoms with Crippen molar-refractivity contribution in [3.8, 4) is 5.75 Å². The molecule has 2 aliphatic rings. The highest BCUT2D eigenvalue weighted by molar-refractivity contribution is 5.55. The van der Waals surface area contributed by atoms with Gasteiger partial charge in [0.2, 0.25) is 0 Å². The predicted octanol–water partition coefficient (Wildman–Crippen LogP) is 3.30. The summed E-state index contributed by atoms with van der Waals surface area (Å²) in [7, 11) is 0. The summed E-state index contributed by atoms with van der Waals surface area (Å²) in [4.78, 5) is 2.45. The van der Waals surface area contributed by atoms with E-state index in [2.05, 4.69) is 36.2 Å². The van der Waals surface area contributed by atoms with Gasteiger partial charge in [-0.3, -0.25) is 0 Å². The summed E-state index contributed by atoms with van der Waals surface area (Å²) in [5, 5.41) is 13.6. The minimum Gasteiger partial charge on any atom is -0.508 e. The van der Waals surface area contributed by atoms with Gasteiger partial charge in [-0.2, -0.15) is 0 Å². The fraction of sp³-hybridized carbons (Fsp3) is 0.647. The number of nitrogens with one attached hydrogen (secondary N) is 1. The Labute approximate surface area is 122 Å². The Morgan fingerprint density at radius 2 is 2.00 bits per heavy atom. The Morgan fingerprint density at radius 1 is 1.30 bits per heavy atom. The third kappa shape index (κ3) is 2.51. The zero-order chi connectivity index (χ0) is 14.1. The smallest absolute Gasteiger partial charge is 0.122 e. The van der Waals surface area contributed by atoms with Crippen LogP contribution >= 0.6 is 0 Å². The fourth-order valence-electron chi connectivity index (χ4n) is 3.96. The Hall–Kier alpha value is -1.22. The number of hydrogen-bond acceptors (Lipinski definition) is 3. The number of fused-ring (bicyclic) bond motifs is 1. The van der Waals surface area contributed by atoms with Crippen molar-refractivity contribution in [3.63, 3.8) is 0 Å². The highest BCUT2D eigenvalue weighted by Gasteiger charge is 2.36. The van der Waals surface area contributed by atoms with Crippen LogP contribution in [0.3, 0.4) is 0 Å². The summed E-state index contributed by atoms with van der Waals surface area (Å²) in [5.74, 6) is 2.20. The Bertz CT molecular complexity index is 462. The van der Waals surface area contributed by atoms with Crippen molar-refractivity contribution in [2.75, 3.05) is 24.5 Å². The van der Waals surface area contributed by atoms with Crippen molar-refractivity contribution >= 4 is 5.69 Å². The number of phenolic OH excluding ortho intramolecular Hbond substituents is 1. The van der Waals surface area contributed by atoms with Gasteiger partial charge in [0.05, 0.1) is 0 Å². The molecule has 1 aliphatic carbocycles. The first-order chi connectivity index (χ1) is 9.69. The monoisotopic (exact) mass is 274 g/mol. The van der Waals surface area contributed by atoms with Crippen LogP contribution in [0.15, 0.2) is 18.2 Å². The van der Waals surface area contributed by atoms with E-state index in [9.17, 15) is 5.11 Å². The van der Waals surface area contributed by atoms with E-state index in [0.29, 0.717) is 5.75 Å². The molecule has 3 heteroatoms. The second-order valence-electron chi connectivity index (χ2n) is 6.38. The van der Waals surface area contributed by atoms with Crippen LogP contribution in [0.1, 0.15) is 44.7 Å². The molecule has 2 fully saturated rings. The van der Waals surface area contributed by atoms with E-state index in [1.807, 2.05) is 6.07 Å². The molecule has 0 aromatic heterocycles. The van der Waals surface area contributed by atoms with Crippen molar-refractivity contribution in [1.29, 1.82) is 0 Å². The summed E-state index contributed by atoms with van der Waals surface area (Å²) in [5.41, 5.74) is 2.18. The number of nitrogens with zero attached hydrogens (tertiary/aromatic N) is 1. The molecule has 1 aromatic rings. The van der Waals surface area contributed by atoms with Gasteiger partial charge in [0.15, 0.2) is 0 Å². The summed E-state index contributed by atoms with van der Waals surface area (Å²) in [6.45, 7) is 7.44. The minimum absolute atomic E-state index is 0.201. The molecule has 1 saturated heterocycles. The molecule has 0 amide bonds. The maximum absolute atomic E-state index is 10.3. The van der Waals surface area contributed by atoms with Gasteiger partial charge in [-0.05, 0) is 44.2 Å². The van der Waals surface area contributed by atoms with Gasteiger partial charge in [-0.1, -0.05) is 19.4 Å². The number of anilines is 1. The highest BCUT2D eigenvalue weighted by atomic mass is 16.3. The molecule has 3 nitrogen and oxygen atoms in total. The lowest BCUT2D eigenvalue weighted by atomic mass is 10.0. The molecule has 20 heavy (non-hydrogen) atoms. The highest BCUT2D eigenvalue weighted by Crippen LogP contribution is 2.40. The lowest BCUT2D eigenvalue weighted by molar-refractivity contribution is 0.454. The van der Waals surface area contributed by atoms with E-state index >= 15 is 0 Å². The number of benzene rings is 1. The zero-order valence-electron chi connectivity index (χ0n) is 12.6. The molecule has 1 heterocycles. The normalized spacial score (nSPS) is 26.8. The third-order valence-corrected chi connectivity index (χ3v) is 5.08. The first-order valence-corrected chi connectivity index (χ1v) is 8.00. The Kier molecular flexibility index (Phi) is 3.88. The summed E-state index contributed by atoms with van der Waals surface area (Å²) in [6, 6.07) is 6.40. The van der Waals surface area contributed by atoms with Gasteiger partial charge in [0.1, 0.15) is 5.75 Å². The summed E-state index contributed by atoms with van der Waals surface area (Å²) in [6.07, 6.45) is 4.19. The third-order valence-electron chi connectivity index (χ3n) is 5.08. The number of hydrogen-bond donors (Lipinski definition) is 2. The largest absolute Gasteiger partial charge is 0.508 e. The van der Waals surface area contributed by atoms with E-state index in [0.717, 1.165) is 23.9 Å². The number of rotatable bonds is 4. The number of phenols is 1. The standard InChI is InChI=1S/C17H26N2O/c1-3-18-12(2)16-8-7-15(9-17(16)20)19-10-13-5-4-6-14(13)11-19/h7-9,12-14,18,20H,3-6,10-11H2,1-2H3. The van der Waals surface area contributed by atoms with E-state index < -0.39 is 0 Å². The summed E-state index contributed by atoms with van der Waals surface area (Å²) >= 11 is 0. The van der Waals surface area contributed by atoms with Crippen molar-refractivity contribution in [2.24, 2.45) is 11.8 Å². The van der Waals surface area contributed by atoms with Crippen LogP contribution in [0.4, 0.5) is 5.69 Å². The van der Waals surface area contributed by atoms with Crippen molar-refractivity contribution in [2.45, 2.75) is 39.2 Å². The van der Waals surface area contributed by atoms with Crippen LogP contribution in [0.25, 0.3) is 0 Å². The van der Waals surface area contributed by atoms with Crippen LogP contribution < -0.4 is 10.2 Å². The first-order valence-electron chi connectivity index (χ1n) is 8.00. The topological polar surface area (TPSA) is 35.5 Å². The quantitative estimate of drug-likeness (QED) is 0.884. The van der Waals surface area contributed by atoms with Crippen LogP contribution in [-0.2, 0) is 0 Å². The van der Waals surface area contributed by atoms with Gasteiger partial charge < -0.3 is 15.3 Å². The molecule has 1 saturated carbocycles. The average Bonchev–Trinajstić information content (AvgIpc) is 2.99. The maximum atomic E-state index is 10.3. The second-order valence-corrected chi connectivity index (χ2v) is 6.38. The molecule has 3 atom stereocenters. The molecule has 0 bridgehead atoms. The molecule has 110 valence electrons. The van der Waals surface area contributed by atoms with Gasteiger partial charge >= 0.3 is 0 Å². The lowest BCUT2D eigenvalue weighted by Crippen LogP contribution is -2.21. The van der Waals surface area contributed by atoms with E-state index in [-0.39, 0.29) is 6.04 Å². The Balaban J connectivity index is 1.74. The lowest BCUT2D eigenvalue weighted by Gasteiger charge is -2.22. The molecule has 0 radical (unpaired) electrons. The van der Waals surface area contributed by atoms with Crippen molar-refractivity contribution < 1.29 is 5.11 Å². The van der Waals surface area contributed by atoms with E-state index in [1.54, 1.807) is 0 Å². The molecule has 3 rings (SSSR count). The van der Waals surface area contributed by atoms with Crippen LogP contribution in [0.2, 0.25) is 0 Å². The van der Waals surface area contributed by atoms with Crippen molar-refractivity contribution in [3.05, 3.63) is 23.8 Å². The average molecular weight is 274 g/mol. The SMILES string of the molecule is CCNC(C)c1ccc(N2CC3CCCC3C2)cc1O. The van der Waals surface area contributed by atoms with E-state index in [1.165, 1.54) is 38.0 Å². The predicted molar refractivity (Wildman–Crippen MR) is 83.2 cm³/mol. The fourth-order valence-corrected chi connectivity index (χ4v) is 3.96. The molecular formula is C17H26N2O.